The van der Waals surface area contributed by atoms with Gasteiger partial charge in [-0.3, -0.25) is 4.79 Å². The van der Waals surface area contributed by atoms with Crippen LogP contribution in [0.1, 0.15) is 15.9 Å². The first-order valence-electron chi connectivity index (χ1n) is 7.19. The molecule has 0 radical (unpaired) electrons. The second kappa shape index (κ2) is 6.95. The molecule has 0 fully saturated rings. The number of ketones is 1. The summed E-state index contributed by atoms with van der Waals surface area (Å²) in [6.07, 6.45) is 4.91. The van der Waals surface area contributed by atoms with Crippen LogP contribution in [0.5, 0.6) is 0 Å². The summed E-state index contributed by atoms with van der Waals surface area (Å²) in [5.41, 5.74) is 2.05. The molecule has 3 rings (SSSR count). The predicted octanol–water partition coefficient (Wildman–Crippen LogP) is 4.32. The molecule has 4 nitrogen and oxygen atoms in total. The van der Waals surface area contributed by atoms with Crippen molar-refractivity contribution in [3.63, 3.8) is 0 Å². The summed E-state index contributed by atoms with van der Waals surface area (Å²) in [5, 5.41) is 14.1. The van der Waals surface area contributed by atoms with Crippen molar-refractivity contribution in [2.24, 2.45) is 0 Å². The molecule has 0 atom stereocenters. The number of halogens is 1. The van der Waals surface area contributed by atoms with E-state index < -0.39 is 0 Å². The summed E-state index contributed by atoms with van der Waals surface area (Å²) < 4.78 is 1.69. The number of nitriles is 1. The zero-order valence-corrected chi connectivity index (χ0v) is 13.3. The van der Waals surface area contributed by atoms with E-state index in [4.69, 9.17) is 11.6 Å². The van der Waals surface area contributed by atoms with Gasteiger partial charge in [0.2, 0.25) is 5.78 Å². The topological polar surface area (TPSA) is 58.7 Å². The number of nitrogens with zero attached hydrogens (tertiary/aromatic N) is 3. The lowest BCUT2D eigenvalue weighted by Gasteiger charge is -2.00. The summed E-state index contributed by atoms with van der Waals surface area (Å²) in [4.78, 5) is 12.4. The number of benzene rings is 2. The molecule has 24 heavy (non-hydrogen) atoms. The van der Waals surface area contributed by atoms with E-state index in [1.165, 1.54) is 6.08 Å². The number of allylic oxidation sites excluding steroid dienone is 1. The highest BCUT2D eigenvalue weighted by Crippen LogP contribution is 2.16. The van der Waals surface area contributed by atoms with Crippen molar-refractivity contribution in [3.05, 3.63) is 88.7 Å². The second-order valence-corrected chi connectivity index (χ2v) is 5.50. The molecule has 116 valence electrons. The number of aromatic nitrogens is 2. The SMILES string of the molecule is N#C/C(=C\c1cnn(-c2ccccc2)c1)C(=O)c1ccc(Cl)cc1. The van der Waals surface area contributed by atoms with Gasteiger partial charge in [-0.05, 0) is 42.5 Å². The number of para-hydroxylation sites is 1. The molecular formula is C19H12ClN3O. The standard InChI is InChI=1S/C19H12ClN3O/c20-17-8-6-15(7-9-17)19(24)16(11-21)10-14-12-22-23(13-14)18-4-2-1-3-5-18/h1-10,12-13H/b16-10+. The third-order valence-corrected chi connectivity index (χ3v) is 3.66. The third-order valence-electron chi connectivity index (χ3n) is 3.41. The quantitative estimate of drug-likeness (QED) is 0.406. The van der Waals surface area contributed by atoms with Crippen molar-refractivity contribution in [1.29, 1.82) is 5.26 Å². The van der Waals surface area contributed by atoms with Gasteiger partial charge in [-0.15, -0.1) is 0 Å². The van der Waals surface area contributed by atoms with Crippen LogP contribution in [0.4, 0.5) is 0 Å². The number of hydrogen-bond donors (Lipinski definition) is 0. The molecule has 2 aromatic carbocycles. The lowest BCUT2D eigenvalue weighted by atomic mass is 10.0. The Morgan fingerprint density at radius 2 is 1.83 bits per heavy atom. The van der Waals surface area contributed by atoms with Gasteiger partial charge < -0.3 is 0 Å². The van der Waals surface area contributed by atoms with Crippen molar-refractivity contribution in [1.82, 2.24) is 9.78 Å². The Bertz CT molecular complexity index is 935. The number of Topliss-reactive ketones (excluding diaryl/α,β-unsaturated/α-hetero) is 1. The van der Waals surface area contributed by atoms with Crippen molar-refractivity contribution in [3.8, 4) is 11.8 Å². The maximum atomic E-state index is 12.4. The van der Waals surface area contributed by atoms with E-state index in [2.05, 4.69) is 5.10 Å². The van der Waals surface area contributed by atoms with Gasteiger partial charge in [0.1, 0.15) is 11.6 Å². The lowest BCUT2D eigenvalue weighted by molar-refractivity contribution is 0.104. The fourth-order valence-electron chi connectivity index (χ4n) is 2.21. The largest absolute Gasteiger partial charge is 0.288 e. The maximum Gasteiger partial charge on any atom is 0.203 e. The van der Waals surface area contributed by atoms with E-state index in [-0.39, 0.29) is 11.4 Å². The van der Waals surface area contributed by atoms with E-state index in [9.17, 15) is 10.1 Å². The van der Waals surface area contributed by atoms with E-state index in [1.54, 1.807) is 41.3 Å². The predicted molar refractivity (Wildman–Crippen MR) is 92.9 cm³/mol. The Kier molecular flexibility index (Phi) is 4.55. The minimum absolute atomic E-state index is 0.0462. The number of rotatable bonds is 4. The van der Waals surface area contributed by atoms with Gasteiger partial charge in [0.25, 0.3) is 0 Å². The van der Waals surface area contributed by atoms with E-state index in [1.807, 2.05) is 36.4 Å². The Morgan fingerprint density at radius 3 is 2.50 bits per heavy atom. The fourth-order valence-corrected chi connectivity index (χ4v) is 2.33. The van der Waals surface area contributed by atoms with Crippen LogP contribution < -0.4 is 0 Å². The molecule has 5 heteroatoms. The highest BCUT2D eigenvalue weighted by atomic mass is 35.5. The van der Waals surface area contributed by atoms with Crippen molar-refractivity contribution in [2.45, 2.75) is 0 Å². The van der Waals surface area contributed by atoms with Crippen LogP contribution in [0.25, 0.3) is 11.8 Å². The van der Waals surface area contributed by atoms with Crippen LogP contribution in [-0.2, 0) is 0 Å². The maximum absolute atomic E-state index is 12.4. The summed E-state index contributed by atoms with van der Waals surface area (Å²) in [7, 11) is 0. The summed E-state index contributed by atoms with van der Waals surface area (Å²) in [6, 6.07) is 18.0. The Balaban J connectivity index is 1.89. The highest BCUT2D eigenvalue weighted by molar-refractivity contribution is 6.30. The molecule has 0 aliphatic heterocycles. The first-order valence-corrected chi connectivity index (χ1v) is 7.57. The molecule has 0 N–H and O–H groups in total. The van der Waals surface area contributed by atoms with Crippen molar-refractivity contribution >= 4 is 23.5 Å². The zero-order chi connectivity index (χ0) is 16.9. The molecule has 1 heterocycles. The lowest BCUT2D eigenvalue weighted by Crippen LogP contribution is -2.01. The molecular weight excluding hydrogens is 322 g/mol. The highest BCUT2D eigenvalue weighted by Gasteiger charge is 2.12. The molecule has 1 aromatic heterocycles. The van der Waals surface area contributed by atoms with Crippen LogP contribution in [0, 0.1) is 11.3 Å². The van der Waals surface area contributed by atoms with Gasteiger partial charge in [-0.2, -0.15) is 10.4 Å². The van der Waals surface area contributed by atoms with Crippen LogP contribution in [-0.4, -0.2) is 15.6 Å². The van der Waals surface area contributed by atoms with Gasteiger partial charge >= 0.3 is 0 Å². The third kappa shape index (κ3) is 3.43. The van der Waals surface area contributed by atoms with Crippen molar-refractivity contribution in [2.75, 3.05) is 0 Å². The normalized spacial score (nSPS) is 11.1. The summed E-state index contributed by atoms with van der Waals surface area (Å²) in [5.74, 6) is -0.346. The average molecular weight is 334 g/mol. The van der Waals surface area contributed by atoms with Crippen molar-refractivity contribution < 1.29 is 4.79 Å². The van der Waals surface area contributed by atoms with Crippen LogP contribution in [0.15, 0.2) is 72.6 Å². The average Bonchev–Trinajstić information content (AvgIpc) is 3.09. The molecule has 3 aromatic rings. The van der Waals surface area contributed by atoms with Crippen LogP contribution >= 0.6 is 11.6 Å². The summed E-state index contributed by atoms with van der Waals surface area (Å²) in [6.45, 7) is 0. The van der Waals surface area contributed by atoms with Crippen LogP contribution in [0.3, 0.4) is 0 Å². The number of carbonyl (C=O) groups is 1. The Morgan fingerprint density at radius 1 is 1.12 bits per heavy atom. The smallest absolute Gasteiger partial charge is 0.203 e. The molecule has 0 unspecified atom stereocenters. The number of carbonyl (C=O) groups excluding carboxylic acids is 1. The fraction of sp³-hybridized carbons (Fsp3) is 0. The van der Waals surface area contributed by atoms with E-state index in [0.29, 0.717) is 16.1 Å². The zero-order valence-electron chi connectivity index (χ0n) is 12.6. The van der Waals surface area contributed by atoms with Gasteiger partial charge in [-0.1, -0.05) is 29.8 Å². The summed E-state index contributed by atoms with van der Waals surface area (Å²) >= 11 is 5.82. The van der Waals surface area contributed by atoms with Gasteiger partial charge in [-0.25, -0.2) is 4.68 Å². The van der Waals surface area contributed by atoms with E-state index in [0.717, 1.165) is 5.69 Å². The molecule has 0 saturated heterocycles. The molecule has 0 aliphatic rings. The molecule has 0 aliphatic carbocycles. The molecule has 0 spiro atoms. The Hall–Kier alpha value is -3.16. The van der Waals surface area contributed by atoms with Gasteiger partial charge in [0, 0.05) is 22.3 Å². The first kappa shape index (κ1) is 15.7. The Labute approximate surface area is 144 Å². The van der Waals surface area contributed by atoms with Crippen LogP contribution in [0.2, 0.25) is 5.02 Å². The number of hydrogen-bond acceptors (Lipinski definition) is 3. The molecule has 0 saturated carbocycles. The second-order valence-electron chi connectivity index (χ2n) is 5.06. The molecule has 0 amide bonds. The first-order chi connectivity index (χ1) is 11.7. The van der Waals surface area contributed by atoms with Gasteiger partial charge in [0.15, 0.2) is 0 Å². The monoisotopic (exact) mass is 333 g/mol. The minimum Gasteiger partial charge on any atom is -0.288 e. The van der Waals surface area contributed by atoms with Gasteiger partial charge in [0.05, 0.1) is 11.9 Å². The minimum atomic E-state index is -0.346. The van der Waals surface area contributed by atoms with E-state index >= 15 is 0 Å². The molecule has 0 bridgehead atoms.